The van der Waals surface area contributed by atoms with Gasteiger partial charge in [-0.25, -0.2) is 16.8 Å². The summed E-state index contributed by atoms with van der Waals surface area (Å²) in [4.78, 5) is 1.36. The second-order valence-corrected chi connectivity index (χ2v) is 10.6. The van der Waals surface area contributed by atoms with Crippen molar-refractivity contribution in [2.75, 3.05) is 0 Å². The lowest BCUT2D eigenvalue weighted by Gasteiger charge is -2.07. The van der Waals surface area contributed by atoms with Crippen LogP contribution in [0.2, 0.25) is 0 Å². The maximum absolute atomic E-state index is 12.8. The second-order valence-electron chi connectivity index (χ2n) is 6.63. The van der Waals surface area contributed by atoms with Crippen molar-refractivity contribution in [3.05, 3.63) is 82.6 Å². The maximum atomic E-state index is 12.8. The molecule has 6 heteroatoms. The molecule has 2 atom stereocenters. The Kier molecular flexibility index (Phi) is 4.12. The van der Waals surface area contributed by atoms with E-state index in [0.717, 1.165) is 0 Å². The topological polar surface area (TPSA) is 68.3 Å². The normalized spacial score (nSPS) is 22.6. The Morgan fingerprint density at radius 2 is 0.923 bits per heavy atom. The van der Waals surface area contributed by atoms with Crippen LogP contribution in [0, 0.1) is 11.8 Å². The predicted molar refractivity (Wildman–Crippen MR) is 99.6 cm³/mol. The second kappa shape index (κ2) is 6.21. The van der Waals surface area contributed by atoms with E-state index < -0.39 is 19.7 Å². The highest BCUT2D eigenvalue weighted by molar-refractivity contribution is 7.95. The molecule has 0 bridgehead atoms. The SMILES string of the molecule is O=S(=O)(C1=CC2CC(S(=O)(=O)c3ccccc3)=CC2C1)c1ccccc1. The number of allylic oxidation sites excluding steroid dienone is 4. The molecule has 0 saturated carbocycles. The van der Waals surface area contributed by atoms with E-state index in [1.807, 2.05) is 0 Å². The maximum Gasteiger partial charge on any atom is 0.202 e. The Balaban J connectivity index is 1.59. The molecule has 2 unspecified atom stereocenters. The molecule has 0 aliphatic heterocycles. The van der Waals surface area contributed by atoms with Gasteiger partial charge in [0, 0.05) is 9.81 Å². The van der Waals surface area contributed by atoms with Crippen molar-refractivity contribution in [2.24, 2.45) is 11.8 Å². The molecule has 2 aliphatic rings. The number of sulfone groups is 2. The number of rotatable bonds is 4. The van der Waals surface area contributed by atoms with Crippen molar-refractivity contribution in [2.45, 2.75) is 22.6 Å². The molecule has 4 nitrogen and oxygen atoms in total. The van der Waals surface area contributed by atoms with Crippen LogP contribution in [0.4, 0.5) is 0 Å². The van der Waals surface area contributed by atoms with Gasteiger partial charge in [-0.2, -0.15) is 0 Å². The fourth-order valence-electron chi connectivity index (χ4n) is 3.65. The third kappa shape index (κ3) is 2.83. The van der Waals surface area contributed by atoms with Gasteiger partial charge in [-0.3, -0.25) is 0 Å². The average Bonchev–Trinajstić information content (AvgIpc) is 3.23. The fourth-order valence-corrected chi connectivity index (χ4v) is 6.81. The summed E-state index contributed by atoms with van der Waals surface area (Å²) < 4.78 is 51.0. The largest absolute Gasteiger partial charge is 0.219 e. The Labute approximate surface area is 153 Å². The van der Waals surface area contributed by atoms with Crippen LogP contribution in [-0.4, -0.2) is 16.8 Å². The minimum absolute atomic E-state index is 0.0722. The summed E-state index contributed by atoms with van der Waals surface area (Å²) in [5.41, 5.74) is 0. The molecule has 0 heterocycles. The molecule has 0 N–H and O–H groups in total. The highest BCUT2D eigenvalue weighted by atomic mass is 32.2. The minimum atomic E-state index is -3.50. The first-order valence-corrected chi connectivity index (χ1v) is 11.4. The van der Waals surface area contributed by atoms with Crippen molar-refractivity contribution >= 4 is 19.7 Å². The minimum Gasteiger partial charge on any atom is -0.219 e. The number of benzene rings is 2. The monoisotopic (exact) mass is 386 g/mol. The lowest BCUT2D eigenvalue weighted by Crippen LogP contribution is -2.05. The average molecular weight is 386 g/mol. The fraction of sp³-hybridized carbons (Fsp3) is 0.200. The highest BCUT2D eigenvalue weighted by Gasteiger charge is 2.40. The Hall–Kier alpha value is -2.18. The zero-order chi connectivity index (χ0) is 18.4. The third-order valence-electron chi connectivity index (χ3n) is 5.02. The molecule has 0 aromatic heterocycles. The lowest BCUT2D eigenvalue weighted by molar-refractivity contribution is 0.545. The van der Waals surface area contributed by atoms with Gasteiger partial charge in [0.15, 0.2) is 0 Å². The quantitative estimate of drug-likeness (QED) is 0.803. The van der Waals surface area contributed by atoms with E-state index in [0.29, 0.717) is 22.7 Å². The van der Waals surface area contributed by atoms with Crippen LogP contribution in [-0.2, 0) is 19.7 Å². The summed E-state index contributed by atoms with van der Waals surface area (Å²) in [6, 6.07) is 16.7. The molecule has 0 radical (unpaired) electrons. The van der Waals surface area contributed by atoms with E-state index >= 15 is 0 Å². The molecule has 0 fully saturated rings. The van der Waals surface area contributed by atoms with Gasteiger partial charge in [0.1, 0.15) is 0 Å². The van der Waals surface area contributed by atoms with E-state index in [1.165, 1.54) is 0 Å². The molecule has 0 spiro atoms. The van der Waals surface area contributed by atoms with Crippen LogP contribution >= 0.6 is 0 Å². The Morgan fingerprint density at radius 1 is 0.577 bits per heavy atom. The molecule has 0 amide bonds. The molecular formula is C20H18O4S2. The van der Waals surface area contributed by atoms with Gasteiger partial charge < -0.3 is 0 Å². The van der Waals surface area contributed by atoms with Crippen LogP contribution < -0.4 is 0 Å². The van der Waals surface area contributed by atoms with Gasteiger partial charge in [-0.05, 0) is 48.9 Å². The molecule has 2 aromatic carbocycles. The zero-order valence-electron chi connectivity index (χ0n) is 13.9. The highest BCUT2D eigenvalue weighted by Crippen LogP contribution is 2.46. The standard InChI is InChI=1S/C20H18O4S2/c21-25(22,17-7-3-1-4-8-17)19-11-15-13-20(14-16(15)12-19)26(23,24)18-9-5-2-6-10-18/h1-11,14-16H,12-13H2. The molecule has 2 aliphatic carbocycles. The van der Waals surface area contributed by atoms with Crippen molar-refractivity contribution in [3.63, 3.8) is 0 Å². The van der Waals surface area contributed by atoms with E-state index in [9.17, 15) is 16.8 Å². The van der Waals surface area contributed by atoms with Crippen molar-refractivity contribution in [1.29, 1.82) is 0 Å². The van der Waals surface area contributed by atoms with E-state index in [4.69, 9.17) is 0 Å². The number of hydrogen-bond acceptors (Lipinski definition) is 4. The van der Waals surface area contributed by atoms with Crippen LogP contribution in [0.15, 0.2) is 92.4 Å². The molecule has 26 heavy (non-hydrogen) atoms. The lowest BCUT2D eigenvalue weighted by atomic mass is 10.0. The van der Waals surface area contributed by atoms with Gasteiger partial charge in [-0.1, -0.05) is 48.6 Å². The number of fused-ring (bicyclic) bond motifs is 1. The van der Waals surface area contributed by atoms with E-state index in [-0.39, 0.29) is 21.6 Å². The first-order chi connectivity index (χ1) is 12.4. The molecular weight excluding hydrogens is 368 g/mol. The van der Waals surface area contributed by atoms with Gasteiger partial charge in [0.05, 0.1) is 9.79 Å². The summed E-state index contributed by atoms with van der Waals surface area (Å²) in [5, 5.41) is 0. The van der Waals surface area contributed by atoms with E-state index in [2.05, 4.69) is 0 Å². The van der Waals surface area contributed by atoms with Gasteiger partial charge in [-0.15, -0.1) is 0 Å². The number of hydrogen-bond donors (Lipinski definition) is 0. The molecule has 0 saturated heterocycles. The van der Waals surface area contributed by atoms with Crippen LogP contribution in [0.5, 0.6) is 0 Å². The Bertz CT molecular complexity index is 1010. The summed E-state index contributed by atoms with van der Waals surface area (Å²) in [6.45, 7) is 0. The molecule has 134 valence electrons. The van der Waals surface area contributed by atoms with Crippen LogP contribution in [0.3, 0.4) is 0 Å². The smallest absolute Gasteiger partial charge is 0.202 e. The van der Waals surface area contributed by atoms with Gasteiger partial charge in [0.25, 0.3) is 0 Å². The van der Waals surface area contributed by atoms with Crippen LogP contribution in [0.25, 0.3) is 0 Å². The first-order valence-electron chi connectivity index (χ1n) is 8.41. The molecule has 2 aromatic rings. The zero-order valence-corrected chi connectivity index (χ0v) is 15.6. The van der Waals surface area contributed by atoms with Crippen molar-refractivity contribution < 1.29 is 16.8 Å². The Morgan fingerprint density at radius 3 is 1.27 bits per heavy atom. The van der Waals surface area contributed by atoms with Crippen molar-refractivity contribution in [1.82, 2.24) is 0 Å². The summed E-state index contributed by atoms with van der Waals surface area (Å²) in [6.07, 6.45) is 4.21. The predicted octanol–water partition coefficient (Wildman–Crippen LogP) is 3.74. The first kappa shape index (κ1) is 17.2. The third-order valence-corrected chi connectivity index (χ3v) is 8.79. The summed E-state index contributed by atoms with van der Waals surface area (Å²) in [7, 11) is -7.01. The van der Waals surface area contributed by atoms with Crippen LogP contribution in [0.1, 0.15) is 12.8 Å². The van der Waals surface area contributed by atoms with Gasteiger partial charge >= 0.3 is 0 Å². The van der Waals surface area contributed by atoms with Crippen molar-refractivity contribution in [3.8, 4) is 0 Å². The van der Waals surface area contributed by atoms with Gasteiger partial charge in [0.2, 0.25) is 19.7 Å². The summed E-state index contributed by atoms with van der Waals surface area (Å²) >= 11 is 0. The molecule has 4 rings (SSSR count). The van der Waals surface area contributed by atoms with E-state index in [1.54, 1.807) is 72.8 Å². The summed E-state index contributed by atoms with van der Waals surface area (Å²) in [5.74, 6) is -0.144.